The molecule has 166 valence electrons. The van der Waals surface area contributed by atoms with Crippen LogP contribution in [0.2, 0.25) is 10.0 Å². The summed E-state index contributed by atoms with van der Waals surface area (Å²) in [7, 11) is 5.73. The van der Waals surface area contributed by atoms with Crippen LogP contribution in [0.25, 0.3) is 0 Å². The number of methoxy groups -OCH3 is 4. The van der Waals surface area contributed by atoms with Crippen molar-refractivity contribution in [1.82, 2.24) is 0 Å². The van der Waals surface area contributed by atoms with Crippen LogP contribution in [0.3, 0.4) is 0 Å². The smallest absolute Gasteiger partial charge is 0.258 e. The minimum absolute atomic E-state index is 0.245. The van der Waals surface area contributed by atoms with Crippen LogP contribution < -0.4 is 24.3 Å². The highest BCUT2D eigenvalue weighted by Crippen LogP contribution is 2.38. The molecule has 1 N–H and O–H groups in total. The Bertz CT molecular complexity index is 988. The van der Waals surface area contributed by atoms with Gasteiger partial charge >= 0.3 is 0 Å². The number of carbonyl (C=O) groups is 2. The zero-order chi connectivity index (χ0) is 23.1. The summed E-state index contributed by atoms with van der Waals surface area (Å²) in [6.45, 7) is 1.23. The molecule has 0 aliphatic carbocycles. The summed E-state index contributed by atoms with van der Waals surface area (Å²) in [4.78, 5) is 24.8. The number of hydrogen-bond acceptors (Lipinski definition) is 8. The Morgan fingerprint density at radius 1 is 0.871 bits per heavy atom. The third kappa shape index (κ3) is 5.77. The molecule has 2 aromatic carbocycles. The molecule has 0 aliphatic heterocycles. The van der Waals surface area contributed by atoms with E-state index in [1.165, 1.54) is 59.6 Å². The van der Waals surface area contributed by atoms with Gasteiger partial charge in [0.05, 0.1) is 44.8 Å². The number of anilines is 1. The predicted octanol–water partition coefficient (Wildman–Crippen LogP) is 4.71. The second-order valence-electron chi connectivity index (χ2n) is 6.07. The fourth-order valence-electron chi connectivity index (χ4n) is 2.51. The van der Waals surface area contributed by atoms with Crippen molar-refractivity contribution in [3.05, 3.63) is 34.3 Å². The molecule has 0 saturated carbocycles. The number of amides is 1. The van der Waals surface area contributed by atoms with Crippen molar-refractivity contribution < 1.29 is 28.5 Å². The van der Waals surface area contributed by atoms with E-state index in [1.54, 1.807) is 0 Å². The second kappa shape index (κ2) is 10.8. The van der Waals surface area contributed by atoms with Gasteiger partial charge in [0.1, 0.15) is 28.0 Å². The summed E-state index contributed by atoms with van der Waals surface area (Å²) in [5.74, 6) is 0.0233. The normalized spacial score (nSPS) is 11.7. The van der Waals surface area contributed by atoms with Crippen LogP contribution in [0.1, 0.15) is 6.92 Å². The van der Waals surface area contributed by atoms with Crippen LogP contribution in [0.5, 0.6) is 23.0 Å². The van der Waals surface area contributed by atoms with Gasteiger partial charge in [-0.25, -0.2) is 0 Å². The van der Waals surface area contributed by atoms with E-state index in [-0.39, 0.29) is 21.4 Å². The van der Waals surface area contributed by atoms with Crippen LogP contribution in [-0.4, -0.2) is 46.2 Å². The Labute approximate surface area is 189 Å². The zero-order valence-corrected chi connectivity index (χ0v) is 19.0. The highest BCUT2D eigenvalue weighted by Gasteiger charge is 2.25. The monoisotopic (exact) mass is 469 g/mol. The lowest BCUT2D eigenvalue weighted by molar-refractivity contribution is -0.126. The molecule has 0 spiro atoms. The van der Waals surface area contributed by atoms with Crippen molar-refractivity contribution in [3.63, 3.8) is 0 Å². The lowest BCUT2D eigenvalue weighted by Gasteiger charge is -2.14. The average Bonchev–Trinajstić information content (AvgIpc) is 2.74. The fourth-order valence-corrected chi connectivity index (χ4v) is 3.02. The first kappa shape index (κ1) is 24.2. The molecule has 11 heteroatoms. The summed E-state index contributed by atoms with van der Waals surface area (Å²) in [6, 6.07) is 4.53. The van der Waals surface area contributed by atoms with E-state index in [4.69, 9.17) is 42.1 Å². The minimum Gasteiger partial charge on any atom is -0.495 e. The van der Waals surface area contributed by atoms with Crippen molar-refractivity contribution in [2.45, 2.75) is 13.0 Å². The average molecular weight is 470 g/mol. The Morgan fingerprint density at radius 2 is 1.42 bits per heavy atom. The fraction of sp³-hybridized carbons (Fsp3) is 0.300. The molecule has 0 aromatic heterocycles. The lowest BCUT2D eigenvalue weighted by Crippen LogP contribution is -2.32. The number of rotatable bonds is 9. The van der Waals surface area contributed by atoms with Gasteiger partial charge < -0.3 is 24.3 Å². The predicted molar refractivity (Wildman–Crippen MR) is 117 cm³/mol. The van der Waals surface area contributed by atoms with Gasteiger partial charge in [-0.05, 0) is 13.0 Å². The van der Waals surface area contributed by atoms with Gasteiger partial charge in [0, 0.05) is 18.2 Å². The topological polar surface area (TPSA) is 108 Å². The number of ether oxygens (including phenoxy) is 4. The number of halogens is 2. The van der Waals surface area contributed by atoms with E-state index in [1.807, 2.05) is 0 Å². The molecule has 0 radical (unpaired) electrons. The molecule has 0 heterocycles. The van der Waals surface area contributed by atoms with Crippen molar-refractivity contribution in [2.75, 3.05) is 33.8 Å². The molecule has 2 rings (SSSR count). The first-order valence-electron chi connectivity index (χ1n) is 8.80. The quantitative estimate of drug-likeness (QED) is 0.420. The molecule has 1 atom stereocenters. The highest BCUT2D eigenvalue weighted by molar-refractivity contribution is 6.33. The van der Waals surface area contributed by atoms with Gasteiger partial charge in [-0.3, -0.25) is 9.59 Å². The SMILES string of the molecule is COc1cc(OC)c(NC(=O)C(N=Nc2cc(OC)c(Cl)c(OC)c2)C(C)=O)cc1Cl. The molecule has 0 saturated heterocycles. The molecule has 0 bridgehead atoms. The lowest BCUT2D eigenvalue weighted by atomic mass is 10.2. The molecule has 0 aliphatic rings. The first-order chi connectivity index (χ1) is 14.7. The van der Waals surface area contributed by atoms with Gasteiger partial charge in [0.25, 0.3) is 5.91 Å². The molecule has 31 heavy (non-hydrogen) atoms. The number of hydrogen-bond donors (Lipinski definition) is 1. The number of ketones is 1. The van der Waals surface area contributed by atoms with Crippen LogP contribution in [0.15, 0.2) is 34.5 Å². The minimum atomic E-state index is -1.42. The van der Waals surface area contributed by atoms with E-state index >= 15 is 0 Å². The number of nitrogens with one attached hydrogen (secondary N) is 1. The maximum atomic E-state index is 12.7. The number of Topliss-reactive ketones (excluding diaryl/α,β-unsaturated/α-hetero) is 1. The maximum Gasteiger partial charge on any atom is 0.258 e. The summed E-state index contributed by atoms with van der Waals surface area (Å²) >= 11 is 12.2. The molecule has 1 amide bonds. The standard InChI is InChI=1S/C20H21Cl2N3O6/c1-10(26)19(25-24-11-6-16(30-4)18(22)17(7-11)31-5)20(27)23-13-8-12(21)14(28-2)9-15(13)29-3/h6-9,19H,1-5H3,(H,23,27). The van der Waals surface area contributed by atoms with Crippen molar-refractivity contribution in [3.8, 4) is 23.0 Å². The number of azo groups is 1. The largest absolute Gasteiger partial charge is 0.495 e. The van der Waals surface area contributed by atoms with Crippen LogP contribution in [-0.2, 0) is 9.59 Å². The molecular formula is C20H21Cl2N3O6. The van der Waals surface area contributed by atoms with Gasteiger partial charge in [-0.2, -0.15) is 10.2 Å². The van der Waals surface area contributed by atoms with Crippen LogP contribution in [0, 0.1) is 0 Å². The Morgan fingerprint density at radius 3 is 1.90 bits per heavy atom. The Kier molecular flexibility index (Phi) is 8.47. The van der Waals surface area contributed by atoms with Crippen LogP contribution in [0.4, 0.5) is 11.4 Å². The Hall–Kier alpha value is -3.04. The highest BCUT2D eigenvalue weighted by atomic mass is 35.5. The molecule has 9 nitrogen and oxygen atoms in total. The van der Waals surface area contributed by atoms with E-state index < -0.39 is 17.7 Å². The third-order valence-corrected chi connectivity index (χ3v) is 4.75. The molecular weight excluding hydrogens is 449 g/mol. The number of benzene rings is 2. The van der Waals surface area contributed by atoms with Gasteiger partial charge in [-0.15, -0.1) is 0 Å². The van der Waals surface area contributed by atoms with E-state index in [0.717, 1.165) is 0 Å². The number of carbonyl (C=O) groups excluding carboxylic acids is 2. The van der Waals surface area contributed by atoms with Crippen molar-refractivity contribution in [2.24, 2.45) is 10.2 Å². The van der Waals surface area contributed by atoms with E-state index in [2.05, 4.69) is 15.5 Å². The summed E-state index contributed by atoms with van der Waals surface area (Å²) < 4.78 is 20.7. The third-order valence-electron chi connectivity index (χ3n) is 4.08. The summed E-state index contributed by atoms with van der Waals surface area (Å²) in [6.07, 6.45) is 0. The zero-order valence-electron chi connectivity index (χ0n) is 17.5. The molecule has 0 fully saturated rings. The first-order valence-corrected chi connectivity index (χ1v) is 9.56. The van der Waals surface area contributed by atoms with Crippen molar-refractivity contribution in [1.29, 1.82) is 0 Å². The maximum absolute atomic E-state index is 12.7. The van der Waals surface area contributed by atoms with Gasteiger partial charge in [-0.1, -0.05) is 23.2 Å². The van der Waals surface area contributed by atoms with Crippen LogP contribution >= 0.6 is 23.2 Å². The van der Waals surface area contributed by atoms with Gasteiger partial charge in [0.2, 0.25) is 6.04 Å². The van der Waals surface area contributed by atoms with E-state index in [9.17, 15) is 9.59 Å². The van der Waals surface area contributed by atoms with E-state index in [0.29, 0.717) is 23.0 Å². The summed E-state index contributed by atoms with van der Waals surface area (Å²) in [5, 5.41) is 11.0. The number of nitrogens with zero attached hydrogens (tertiary/aromatic N) is 2. The Balaban J connectivity index is 2.32. The van der Waals surface area contributed by atoms with Gasteiger partial charge in [0.15, 0.2) is 5.78 Å². The molecule has 1 unspecified atom stereocenters. The summed E-state index contributed by atoms with van der Waals surface area (Å²) in [5.41, 5.74) is 0.525. The second-order valence-corrected chi connectivity index (χ2v) is 6.85. The molecule has 2 aromatic rings. The van der Waals surface area contributed by atoms with Crippen molar-refractivity contribution >= 4 is 46.3 Å².